The van der Waals surface area contributed by atoms with Gasteiger partial charge in [0.25, 0.3) is 0 Å². The van der Waals surface area contributed by atoms with Gasteiger partial charge in [-0.2, -0.15) is 5.21 Å². The molecule has 14 heteroatoms. The van der Waals surface area contributed by atoms with Crippen LogP contribution in [0.5, 0.6) is 5.75 Å². The molecule has 230 valence electrons. The largest absolute Gasteiger partial charge is 0.481 e. The van der Waals surface area contributed by atoms with E-state index in [1.807, 2.05) is 30.3 Å². The minimum atomic E-state index is -1.01. The number of benzene rings is 2. The number of unbranched alkanes of at least 4 members (excludes halogenated alkanes) is 2. The number of aromatic amines is 1. The maximum absolute atomic E-state index is 13.5. The predicted molar refractivity (Wildman–Crippen MR) is 155 cm³/mol. The normalized spacial score (nSPS) is 12.0. The Hall–Kier alpha value is -5.01. The maximum Gasteiger partial charge on any atom is 0.407 e. The van der Waals surface area contributed by atoms with Crippen LogP contribution in [0.1, 0.15) is 37.3 Å². The summed E-state index contributed by atoms with van der Waals surface area (Å²) in [5.74, 6) is -1.01. The quantitative estimate of drug-likeness (QED) is 0.140. The number of nitrogens with zero attached hydrogens (tertiary/aromatic N) is 3. The SMILES string of the molecule is CCCCCNC(=O)C(Cc1ccc(OCC(=O)OC)c(-c2nn[nH]n2)c1)NC(=O)C(Cc1ccccc1)NC(=O)OC. The molecule has 0 aliphatic carbocycles. The van der Waals surface area contributed by atoms with Crippen molar-refractivity contribution in [2.75, 3.05) is 27.4 Å². The molecule has 0 fully saturated rings. The Morgan fingerprint density at radius 1 is 0.884 bits per heavy atom. The van der Waals surface area contributed by atoms with E-state index in [0.29, 0.717) is 23.4 Å². The van der Waals surface area contributed by atoms with Crippen molar-refractivity contribution < 1.29 is 33.4 Å². The van der Waals surface area contributed by atoms with Gasteiger partial charge in [0, 0.05) is 19.4 Å². The lowest BCUT2D eigenvalue weighted by atomic mass is 10.0. The second kappa shape index (κ2) is 17.1. The number of hydrogen-bond acceptors (Lipinski definition) is 10. The molecule has 0 spiro atoms. The Labute approximate surface area is 249 Å². The third kappa shape index (κ3) is 10.4. The van der Waals surface area contributed by atoms with Gasteiger partial charge in [-0.1, -0.05) is 56.2 Å². The van der Waals surface area contributed by atoms with Gasteiger partial charge in [-0.3, -0.25) is 9.59 Å². The van der Waals surface area contributed by atoms with Crippen molar-refractivity contribution in [2.45, 2.75) is 51.1 Å². The molecule has 0 aliphatic rings. The predicted octanol–water partition coefficient (Wildman–Crippen LogP) is 1.72. The molecule has 0 saturated heterocycles. The van der Waals surface area contributed by atoms with Gasteiger partial charge in [0.15, 0.2) is 6.61 Å². The van der Waals surface area contributed by atoms with Crippen LogP contribution in [0.25, 0.3) is 11.4 Å². The molecule has 2 atom stereocenters. The van der Waals surface area contributed by atoms with Crippen LogP contribution in [0, 0.1) is 0 Å². The molecule has 1 heterocycles. The summed E-state index contributed by atoms with van der Waals surface area (Å²) >= 11 is 0. The fourth-order valence-corrected chi connectivity index (χ4v) is 4.16. The summed E-state index contributed by atoms with van der Waals surface area (Å²) in [4.78, 5) is 50.6. The number of carbonyl (C=O) groups excluding carboxylic acids is 4. The van der Waals surface area contributed by atoms with Crippen LogP contribution in [0.15, 0.2) is 48.5 Å². The van der Waals surface area contributed by atoms with Gasteiger partial charge in [-0.15, -0.1) is 10.2 Å². The summed E-state index contributed by atoms with van der Waals surface area (Å²) in [7, 11) is 2.46. The van der Waals surface area contributed by atoms with Crippen LogP contribution in [0.2, 0.25) is 0 Å². The van der Waals surface area contributed by atoms with Gasteiger partial charge in [-0.05, 0) is 34.9 Å². The zero-order valence-corrected chi connectivity index (χ0v) is 24.4. The van der Waals surface area contributed by atoms with E-state index in [1.165, 1.54) is 14.2 Å². The van der Waals surface area contributed by atoms with Crippen molar-refractivity contribution >= 4 is 23.9 Å². The van der Waals surface area contributed by atoms with Crippen molar-refractivity contribution in [3.63, 3.8) is 0 Å². The summed E-state index contributed by atoms with van der Waals surface area (Å²) < 4.78 is 15.0. The molecule has 3 amide bonds. The molecule has 14 nitrogen and oxygen atoms in total. The first-order chi connectivity index (χ1) is 20.8. The molecule has 0 bridgehead atoms. The van der Waals surface area contributed by atoms with E-state index in [2.05, 4.69) is 48.2 Å². The second-order valence-corrected chi connectivity index (χ2v) is 9.57. The topological polar surface area (TPSA) is 187 Å². The fourth-order valence-electron chi connectivity index (χ4n) is 4.16. The monoisotopic (exact) mass is 595 g/mol. The first kappa shape index (κ1) is 32.5. The molecular formula is C29H37N7O7. The highest BCUT2D eigenvalue weighted by Gasteiger charge is 2.28. The highest BCUT2D eigenvalue weighted by atomic mass is 16.6. The molecular weight excluding hydrogens is 558 g/mol. The van der Waals surface area contributed by atoms with Gasteiger partial charge in [0.1, 0.15) is 17.8 Å². The molecule has 2 unspecified atom stereocenters. The van der Waals surface area contributed by atoms with Crippen molar-refractivity contribution in [3.05, 3.63) is 59.7 Å². The lowest BCUT2D eigenvalue weighted by molar-refractivity contribution is -0.142. The highest BCUT2D eigenvalue weighted by Crippen LogP contribution is 2.29. The number of hydrogen-bond donors (Lipinski definition) is 4. The van der Waals surface area contributed by atoms with E-state index in [9.17, 15) is 19.2 Å². The minimum Gasteiger partial charge on any atom is -0.481 e. The summed E-state index contributed by atoms with van der Waals surface area (Å²) in [6.45, 7) is 2.17. The number of tetrazole rings is 1. The van der Waals surface area contributed by atoms with Gasteiger partial charge in [0.05, 0.1) is 19.8 Å². The van der Waals surface area contributed by atoms with Crippen molar-refractivity contribution in [2.24, 2.45) is 0 Å². The summed E-state index contributed by atoms with van der Waals surface area (Å²) in [6.07, 6.45) is 2.21. The molecule has 4 N–H and O–H groups in total. The molecule has 0 saturated carbocycles. The Balaban J connectivity index is 1.87. The first-order valence-electron chi connectivity index (χ1n) is 13.9. The average molecular weight is 596 g/mol. The lowest BCUT2D eigenvalue weighted by Gasteiger charge is -2.23. The number of nitrogens with one attached hydrogen (secondary N) is 4. The third-order valence-electron chi connectivity index (χ3n) is 6.43. The molecule has 2 aromatic carbocycles. The van der Waals surface area contributed by atoms with E-state index in [4.69, 9.17) is 9.47 Å². The van der Waals surface area contributed by atoms with Crippen LogP contribution < -0.4 is 20.7 Å². The average Bonchev–Trinajstić information content (AvgIpc) is 3.57. The standard InChI is InChI=1S/C29H37N7O7/c1-4-5-9-14-30-27(38)22(31-28(39)23(32-29(40)42-3)16-19-10-7-6-8-11-19)17-20-12-13-24(43-18-25(37)41-2)21(15-20)26-33-35-36-34-26/h6-8,10-13,15,22-23H,4-5,9,14,16-18H2,1-3H3,(H,30,38)(H,31,39)(H,32,40)(H,33,34,35,36). The molecule has 3 aromatic rings. The smallest absolute Gasteiger partial charge is 0.407 e. The van der Waals surface area contributed by atoms with Gasteiger partial charge < -0.3 is 30.2 Å². The van der Waals surface area contributed by atoms with Crippen LogP contribution in [-0.4, -0.2) is 84.0 Å². The van der Waals surface area contributed by atoms with Crippen LogP contribution in [0.4, 0.5) is 4.79 Å². The van der Waals surface area contributed by atoms with Crippen LogP contribution in [-0.2, 0) is 36.7 Å². The first-order valence-corrected chi connectivity index (χ1v) is 13.9. The zero-order chi connectivity index (χ0) is 31.0. The minimum absolute atomic E-state index is 0.0871. The number of esters is 1. The second-order valence-electron chi connectivity index (χ2n) is 9.57. The number of alkyl carbamates (subject to hydrolysis) is 1. The number of methoxy groups -OCH3 is 2. The Morgan fingerprint density at radius 3 is 2.30 bits per heavy atom. The van der Waals surface area contributed by atoms with Crippen molar-refractivity contribution in [3.8, 4) is 17.1 Å². The fraction of sp³-hybridized carbons (Fsp3) is 0.414. The van der Waals surface area contributed by atoms with Crippen LogP contribution in [0.3, 0.4) is 0 Å². The molecule has 43 heavy (non-hydrogen) atoms. The van der Waals surface area contributed by atoms with E-state index in [1.54, 1.807) is 18.2 Å². The van der Waals surface area contributed by atoms with Crippen LogP contribution >= 0.6 is 0 Å². The molecule has 0 aliphatic heterocycles. The Bertz CT molecular complexity index is 1340. The van der Waals surface area contributed by atoms with Crippen molar-refractivity contribution in [1.29, 1.82) is 0 Å². The van der Waals surface area contributed by atoms with Gasteiger partial charge in [0.2, 0.25) is 17.6 Å². The summed E-state index contributed by atoms with van der Waals surface area (Å²) in [5, 5.41) is 22.3. The molecule has 3 rings (SSSR count). The zero-order valence-electron chi connectivity index (χ0n) is 24.4. The molecule has 0 radical (unpaired) electrons. The number of H-pyrrole nitrogens is 1. The van der Waals surface area contributed by atoms with E-state index in [0.717, 1.165) is 24.8 Å². The van der Waals surface area contributed by atoms with Gasteiger partial charge in [-0.25, -0.2) is 9.59 Å². The van der Waals surface area contributed by atoms with Gasteiger partial charge >= 0.3 is 12.1 Å². The third-order valence-corrected chi connectivity index (χ3v) is 6.43. The summed E-state index contributed by atoms with van der Waals surface area (Å²) in [6, 6.07) is 12.2. The highest BCUT2D eigenvalue weighted by molar-refractivity contribution is 5.91. The number of ether oxygens (including phenoxy) is 3. The van der Waals surface area contributed by atoms with E-state index < -0.39 is 30.1 Å². The van der Waals surface area contributed by atoms with Crippen molar-refractivity contribution in [1.82, 2.24) is 36.6 Å². The summed E-state index contributed by atoms with van der Waals surface area (Å²) in [5.41, 5.74) is 1.87. The maximum atomic E-state index is 13.5. The Kier molecular flexibility index (Phi) is 12.9. The number of aromatic nitrogens is 4. The van der Waals surface area contributed by atoms with E-state index >= 15 is 0 Å². The lowest BCUT2D eigenvalue weighted by Crippen LogP contribution is -2.55. The number of amides is 3. The number of carbonyl (C=O) groups is 4. The number of rotatable bonds is 16. The Morgan fingerprint density at radius 2 is 1.63 bits per heavy atom. The molecule has 1 aromatic heterocycles. The van der Waals surface area contributed by atoms with E-state index in [-0.39, 0.29) is 31.2 Å².